The van der Waals surface area contributed by atoms with Gasteiger partial charge in [-0.05, 0) is 25.1 Å². The first kappa shape index (κ1) is 18.5. The molecule has 0 saturated heterocycles. The van der Waals surface area contributed by atoms with Crippen LogP contribution in [-0.4, -0.2) is 39.0 Å². The Hall–Kier alpha value is -2.33. The number of furan rings is 1. The molecule has 1 unspecified atom stereocenters. The highest BCUT2D eigenvalue weighted by Gasteiger charge is 2.36. The van der Waals surface area contributed by atoms with E-state index in [-0.39, 0.29) is 12.2 Å². The monoisotopic (exact) mass is 397 g/mol. The molecule has 8 nitrogen and oxygen atoms in total. The van der Waals surface area contributed by atoms with Crippen LogP contribution in [0.1, 0.15) is 30.7 Å². The summed E-state index contributed by atoms with van der Waals surface area (Å²) in [5.74, 6) is 0.402. The van der Waals surface area contributed by atoms with Crippen LogP contribution < -0.4 is 4.72 Å². The molecule has 2 aromatic rings. The van der Waals surface area contributed by atoms with E-state index in [0.29, 0.717) is 22.7 Å². The molecule has 26 heavy (non-hydrogen) atoms. The van der Waals surface area contributed by atoms with E-state index in [1.807, 2.05) is 0 Å². The smallest absolute Gasteiger partial charge is 0.247 e. The molecule has 0 spiro atoms. The molecule has 0 aliphatic carbocycles. The molecule has 1 atom stereocenters. The van der Waals surface area contributed by atoms with E-state index >= 15 is 0 Å². The molecule has 140 valence electrons. The summed E-state index contributed by atoms with van der Waals surface area (Å²) in [6.07, 6.45) is 2.81. The van der Waals surface area contributed by atoms with Crippen molar-refractivity contribution >= 4 is 31.4 Å². The Morgan fingerprint density at radius 2 is 1.92 bits per heavy atom. The fourth-order valence-corrected chi connectivity index (χ4v) is 4.26. The normalized spacial score (nSPS) is 18.0. The Morgan fingerprint density at radius 1 is 1.19 bits per heavy atom. The fraction of sp³-hybridized carbons (Fsp3) is 0.312. The lowest BCUT2D eigenvalue weighted by Gasteiger charge is -2.18. The second kappa shape index (κ2) is 6.76. The number of hydrogen-bond acceptors (Lipinski definition) is 6. The number of rotatable bonds is 6. The van der Waals surface area contributed by atoms with Crippen LogP contribution in [0.5, 0.6) is 0 Å². The zero-order chi connectivity index (χ0) is 18.9. The molecule has 1 aromatic heterocycles. The first-order valence-electron chi connectivity index (χ1n) is 7.91. The molecule has 1 aromatic carbocycles. The number of benzene rings is 1. The predicted molar refractivity (Wildman–Crippen MR) is 98.8 cm³/mol. The Morgan fingerprint density at radius 3 is 2.54 bits per heavy atom. The predicted octanol–water partition coefficient (Wildman–Crippen LogP) is 2.15. The standard InChI is InChI=1S/C16H19N3O5S2/c1-3-26(22,23)18-13-8-5-4-7-12(13)14-11-15(16-9-6-10-24-16)19(17-14)25(2,20)21/h4-10,15,18H,3,11H2,1-2H3. The van der Waals surface area contributed by atoms with Crippen molar-refractivity contribution in [2.24, 2.45) is 5.10 Å². The van der Waals surface area contributed by atoms with Gasteiger partial charge in [0.15, 0.2) is 0 Å². The minimum absolute atomic E-state index is 0.0711. The molecule has 0 amide bonds. The molecule has 0 radical (unpaired) electrons. The van der Waals surface area contributed by atoms with E-state index in [9.17, 15) is 16.8 Å². The highest BCUT2D eigenvalue weighted by Crippen LogP contribution is 2.36. The number of nitrogens with one attached hydrogen (secondary N) is 1. The SMILES string of the molecule is CCS(=O)(=O)Nc1ccccc1C1=NN(S(C)(=O)=O)C(c2ccco2)C1. The average molecular weight is 397 g/mol. The molecular formula is C16H19N3O5S2. The van der Waals surface area contributed by atoms with Crippen LogP contribution in [0.2, 0.25) is 0 Å². The van der Waals surface area contributed by atoms with Crippen molar-refractivity contribution in [2.75, 3.05) is 16.7 Å². The number of para-hydroxylation sites is 1. The van der Waals surface area contributed by atoms with Gasteiger partial charge in [-0.2, -0.15) is 9.52 Å². The van der Waals surface area contributed by atoms with E-state index in [1.165, 1.54) is 13.2 Å². The summed E-state index contributed by atoms with van der Waals surface area (Å²) in [6, 6.07) is 9.53. The summed E-state index contributed by atoms with van der Waals surface area (Å²) in [7, 11) is -7.10. The molecule has 1 aliphatic heterocycles. The average Bonchev–Trinajstić information content (AvgIpc) is 3.24. The highest BCUT2D eigenvalue weighted by atomic mass is 32.2. The number of anilines is 1. The largest absolute Gasteiger partial charge is 0.467 e. The van der Waals surface area contributed by atoms with Crippen LogP contribution in [0, 0.1) is 0 Å². The van der Waals surface area contributed by atoms with Gasteiger partial charge in [-0.25, -0.2) is 16.8 Å². The molecule has 1 aliphatic rings. The van der Waals surface area contributed by atoms with Crippen molar-refractivity contribution in [3.8, 4) is 0 Å². The summed E-state index contributed by atoms with van der Waals surface area (Å²) in [5, 5.41) is 4.25. The van der Waals surface area contributed by atoms with Gasteiger partial charge in [0.05, 0.1) is 29.7 Å². The minimum Gasteiger partial charge on any atom is -0.467 e. The zero-order valence-electron chi connectivity index (χ0n) is 14.3. The molecule has 0 bridgehead atoms. The summed E-state index contributed by atoms with van der Waals surface area (Å²) in [6.45, 7) is 1.54. The van der Waals surface area contributed by atoms with Gasteiger partial charge < -0.3 is 4.42 Å². The summed E-state index contributed by atoms with van der Waals surface area (Å²) >= 11 is 0. The van der Waals surface area contributed by atoms with Gasteiger partial charge in [-0.1, -0.05) is 18.2 Å². The van der Waals surface area contributed by atoms with E-state index in [1.54, 1.807) is 36.4 Å². The maximum Gasteiger partial charge on any atom is 0.247 e. The first-order chi connectivity index (χ1) is 12.2. The number of nitrogens with zero attached hydrogens (tertiary/aromatic N) is 2. The Kier molecular flexibility index (Phi) is 4.80. The number of sulfonamides is 2. The van der Waals surface area contributed by atoms with Gasteiger partial charge in [-0.15, -0.1) is 0 Å². The second-order valence-electron chi connectivity index (χ2n) is 5.87. The Labute approximate surface area is 152 Å². The molecular weight excluding hydrogens is 378 g/mol. The highest BCUT2D eigenvalue weighted by molar-refractivity contribution is 7.92. The lowest BCUT2D eigenvalue weighted by molar-refractivity contribution is 0.322. The maximum absolute atomic E-state index is 12.1. The maximum atomic E-state index is 12.1. The third-order valence-electron chi connectivity index (χ3n) is 3.97. The van der Waals surface area contributed by atoms with Crippen LogP contribution in [-0.2, 0) is 20.0 Å². The van der Waals surface area contributed by atoms with E-state index in [2.05, 4.69) is 9.82 Å². The molecule has 0 saturated carbocycles. The minimum atomic E-state index is -3.62. The second-order valence-corrected chi connectivity index (χ2v) is 9.72. The van der Waals surface area contributed by atoms with Crippen molar-refractivity contribution in [1.82, 2.24) is 4.41 Å². The molecule has 1 N–H and O–H groups in total. The summed E-state index contributed by atoms with van der Waals surface area (Å²) in [4.78, 5) is 0. The number of hydrazone groups is 1. The van der Waals surface area contributed by atoms with Gasteiger partial charge in [0, 0.05) is 12.0 Å². The Balaban J connectivity index is 2.03. The van der Waals surface area contributed by atoms with Crippen molar-refractivity contribution < 1.29 is 21.3 Å². The quantitative estimate of drug-likeness (QED) is 0.803. The van der Waals surface area contributed by atoms with Crippen LogP contribution in [0.15, 0.2) is 52.2 Å². The van der Waals surface area contributed by atoms with Crippen molar-refractivity contribution in [3.63, 3.8) is 0 Å². The van der Waals surface area contributed by atoms with Gasteiger partial charge >= 0.3 is 0 Å². The van der Waals surface area contributed by atoms with Crippen LogP contribution in [0.3, 0.4) is 0 Å². The molecule has 10 heteroatoms. The Bertz CT molecular complexity index is 1030. The van der Waals surface area contributed by atoms with E-state index in [0.717, 1.165) is 10.7 Å². The molecule has 0 fully saturated rings. The van der Waals surface area contributed by atoms with Gasteiger partial charge in [0.1, 0.15) is 11.8 Å². The molecule has 2 heterocycles. The van der Waals surface area contributed by atoms with Crippen molar-refractivity contribution in [3.05, 3.63) is 54.0 Å². The zero-order valence-corrected chi connectivity index (χ0v) is 15.9. The lowest BCUT2D eigenvalue weighted by Crippen LogP contribution is -2.25. The third-order valence-corrected chi connectivity index (χ3v) is 6.27. The van der Waals surface area contributed by atoms with Crippen molar-refractivity contribution in [2.45, 2.75) is 19.4 Å². The third kappa shape index (κ3) is 3.75. The van der Waals surface area contributed by atoms with Gasteiger partial charge in [-0.3, -0.25) is 4.72 Å². The summed E-state index contributed by atoms with van der Waals surface area (Å²) in [5.41, 5.74) is 1.36. The summed E-state index contributed by atoms with van der Waals surface area (Å²) < 4.78 is 57.0. The van der Waals surface area contributed by atoms with Crippen LogP contribution in [0.25, 0.3) is 0 Å². The number of hydrogen-bond donors (Lipinski definition) is 1. The lowest BCUT2D eigenvalue weighted by atomic mass is 10.0. The fourth-order valence-electron chi connectivity index (χ4n) is 2.71. The van der Waals surface area contributed by atoms with Crippen molar-refractivity contribution in [1.29, 1.82) is 0 Å². The van der Waals surface area contributed by atoms with Gasteiger partial charge in [0.2, 0.25) is 20.0 Å². The van der Waals surface area contributed by atoms with E-state index < -0.39 is 26.1 Å². The van der Waals surface area contributed by atoms with E-state index in [4.69, 9.17) is 4.42 Å². The first-order valence-corrected chi connectivity index (χ1v) is 11.4. The van der Waals surface area contributed by atoms with Gasteiger partial charge in [0.25, 0.3) is 0 Å². The molecule has 3 rings (SSSR count). The van der Waals surface area contributed by atoms with Crippen LogP contribution in [0.4, 0.5) is 5.69 Å². The topological polar surface area (TPSA) is 109 Å². The van der Waals surface area contributed by atoms with Crippen LogP contribution >= 0.6 is 0 Å².